The molecule has 2 aliphatic rings. The molecule has 0 radical (unpaired) electrons. The zero-order valence-corrected chi connectivity index (χ0v) is 14.5. The summed E-state index contributed by atoms with van der Waals surface area (Å²) in [4.78, 5) is 38.5. The highest BCUT2D eigenvalue weighted by Gasteiger charge is 2.46. The average Bonchev–Trinajstić information content (AvgIpc) is 3.04. The fourth-order valence-electron chi connectivity index (χ4n) is 3.71. The first-order valence-electron chi connectivity index (χ1n) is 8.85. The van der Waals surface area contributed by atoms with Crippen LogP contribution >= 0.6 is 0 Å². The number of aliphatic carboxylic acids is 1. The number of carboxylic acids is 1. The number of hydrogen-bond donors (Lipinski definition) is 2. The summed E-state index contributed by atoms with van der Waals surface area (Å²) in [7, 11) is 0. The van der Waals surface area contributed by atoms with Crippen molar-refractivity contribution in [2.24, 2.45) is 5.41 Å². The number of rotatable bonds is 5. The lowest BCUT2D eigenvalue weighted by atomic mass is 9.66. The maximum Gasteiger partial charge on any atom is 0.310 e. The van der Waals surface area contributed by atoms with E-state index in [0.29, 0.717) is 24.1 Å². The first kappa shape index (κ1) is 17.5. The lowest BCUT2D eigenvalue weighted by Crippen LogP contribution is -2.41. The quantitative estimate of drug-likeness (QED) is 0.860. The molecular weight excluding hydrogens is 320 g/mol. The minimum absolute atomic E-state index is 0.0480. The van der Waals surface area contributed by atoms with Crippen LogP contribution in [0.4, 0.5) is 5.69 Å². The third-order valence-electron chi connectivity index (χ3n) is 5.42. The summed E-state index contributed by atoms with van der Waals surface area (Å²) in [6.07, 6.45) is 3.85. The molecule has 1 aliphatic carbocycles. The molecule has 6 heteroatoms. The van der Waals surface area contributed by atoms with E-state index >= 15 is 0 Å². The van der Waals surface area contributed by atoms with Crippen molar-refractivity contribution in [2.75, 3.05) is 18.4 Å². The number of nitrogens with one attached hydrogen (secondary N) is 1. The summed E-state index contributed by atoms with van der Waals surface area (Å²) < 4.78 is 0. The lowest BCUT2D eigenvalue weighted by Gasteiger charge is -2.37. The molecule has 3 rings (SSSR count). The van der Waals surface area contributed by atoms with Crippen molar-refractivity contribution in [3.8, 4) is 0 Å². The van der Waals surface area contributed by atoms with Gasteiger partial charge in [-0.15, -0.1) is 0 Å². The summed E-state index contributed by atoms with van der Waals surface area (Å²) >= 11 is 0. The highest BCUT2D eigenvalue weighted by atomic mass is 16.4. The normalized spacial score (nSPS) is 18.5. The highest BCUT2D eigenvalue weighted by molar-refractivity contribution is 6.05. The molecule has 1 heterocycles. The minimum atomic E-state index is -0.937. The van der Waals surface area contributed by atoms with Crippen LogP contribution in [0.25, 0.3) is 0 Å². The second-order valence-electron chi connectivity index (χ2n) is 7.16. The highest BCUT2D eigenvalue weighted by Crippen LogP contribution is 2.44. The molecule has 1 aromatic rings. The van der Waals surface area contributed by atoms with Crippen molar-refractivity contribution >= 4 is 23.5 Å². The number of carbonyl (C=O) groups excluding carboxylic acids is 2. The van der Waals surface area contributed by atoms with Crippen molar-refractivity contribution in [3.63, 3.8) is 0 Å². The van der Waals surface area contributed by atoms with Gasteiger partial charge in [0, 0.05) is 19.5 Å². The maximum atomic E-state index is 12.8. The molecule has 0 aromatic heterocycles. The lowest BCUT2D eigenvalue weighted by molar-refractivity contribution is -0.157. The Morgan fingerprint density at radius 1 is 1.16 bits per heavy atom. The molecule has 1 saturated carbocycles. The molecule has 1 aliphatic heterocycles. The molecular formula is C19H24N2O4. The third-order valence-corrected chi connectivity index (χ3v) is 5.42. The van der Waals surface area contributed by atoms with Crippen LogP contribution < -0.4 is 5.32 Å². The Labute approximate surface area is 147 Å². The van der Waals surface area contributed by atoms with Gasteiger partial charge in [0.2, 0.25) is 5.91 Å². The van der Waals surface area contributed by atoms with Crippen LogP contribution in [-0.4, -0.2) is 40.9 Å². The monoisotopic (exact) mass is 344 g/mol. The molecule has 134 valence electrons. The molecule has 0 spiro atoms. The third kappa shape index (κ3) is 3.38. The first-order valence-corrected chi connectivity index (χ1v) is 8.85. The molecule has 6 nitrogen and oxygen atoms in total. The summed E-state index contributed by atoms with van der Waals surface area (Å²) in [5, 5.41) is 12.2. The number of anilines is 1. The fraction of sp³-hybridized carbons (Fsp3) is 0.526. The van der Waals surface area contributed by atoms with Crippen LogP contribution in [0.3, 0.4) is 0 Å². The van der Waals surface area contributed by atoms with Crippen molar-refractivity contribution < 1.29 is 19.5 Å². The van der Waals surface area contributed by atoms with Gasteiger partial charge in [-0.25, -0.2) is 0 Å². The number of carbonyl (C=O) groups is 3. The van der Waals surface area contributed by atoms with Gasteiger partial charge in [-0.3, -0.25) is 14.4 Å². The molecule has 2 amide bonds. The van der Waals surface area contributed by atoms with Gasteiger partial charge in [-0.1, -0.05) is 18.6 Å². The second-order valence-corrected chi connectivity index (χ2v) is 7.16. The Kier molecular flexibility index (Phi) is 4.79. The number of likely N-dealkylation sites (tertiary alicyclic amines) is 1. The van der Waals surface area contributed by atoms with Gasteiger partial charge in [0.25, 0.3) is 5.91 Å². The molecule has 2 N–H and O–H groups in total. The zero-order valence-electron chi connectivity index (χ0n) is 14.5. The van der Waals surface area contributed by atoms with E-state index in [2.05, 4.69) is 5.32 Å². The standard InChI is InChI=1S/C19H24N2O4/c1-13-6-4-7-14(16(13)17(23)21-10-2-3-11-21)20-15(22)12-19(18(24)25)8-5-9-19/h4,6-7H,2-3,5,8-12H2,1H3,(H,20,22)(H,24,25). The van der Waals surface area contributed by atoms with Crippen LogP contribution in [0, 0.1) is 12.3 Å². The van der Waals surface area contributed by atoms with Crippen LogP contribution in [0.2, 0.25) is 0 Å². The van der Waals surface area contributed by atoms with Crippen LogP contribution in [0.5, 0.6) is 0 Å². The van der Waals surface area contributed by atoms with E-state index in [0.717, 1.165) is 37.9 Å². The van der Waals surface area contributed by atoms with E-state index in [-0.39, 0.29) is 18.2 Å². The molecule has 0 bridgehead atoms. The Morgan fingerprint density at radius 2 is 1.84 bits per heavy atom. The largest absolute Gasteiger partial charge is 0.481 e. The van der Waals surface area contributed by atoms with Crippen molar-refractivity contribution in [1.82, 2.24) is 4.90 Å². The maximum absolute atomic E-state index is 12.8. The number of nitrogens with zero attached hydrogens (tertiary/aromatic N) is 1. The molecule has 1 saturated heterocycles. The number of aryl methyl sites for hydroxylation is 1. The van der Waals surface area contributed by atoms with E-state index in [1.807, 2.05) is 17.9 Å². The summed E-state index contributed by atoms with van der Waals surface area (Å²) in [6, 6.07) is 5.36. The number of hydrogen-bond acceptors (Lipinski definition) is 3. The molecule has 2 fully saturated rings. The van der Waals surface area contributed by atoms with Crippen LogP contribution in [0.15, 0.2) is 18.2 Å². The summed E-state index contributed by atoms with van der Waals surface area (Å²) in [5.74, 6) is -1.32. The Hall–Kier alpha value is -2.37. The van der Waals surface area contributed by atoms with Gasteiger partial charge in [0.1, 0.15) is 0 Å². The fourth-order valence-corrected chi connectivity index (χ4v) is 3.71. The van der Waals surface area contributed by atoms with Gasteiger partial charge in [-0.05, 0) is 44.2 Å². The van der Waals surface area contributed by atoms with Crippen molar-refractivity contribution in [1.29, 1.82) is 0 Å². The Bertz CT molecular complexity index is 703. The predicted molar refractivity (Wildman–Crippen MR) is 93.5 cm³/mol. The number of amides is 2. The molecule has 0 atom stereocenters. The Morgan fingerprint density at radius 3 is 2.40 bits per heavy atom. The van der Waals surface area contributed by atoms with E-state index in [9.17, 15) is 19.5 Å². The topological polar surface area (TPSA) is 86.7 Å². The van der Waals surface area contributed by atoms with Gasteiger partial charge in [0.15, 0.2) is 0 Å². The Balaban J connectivity index is 1.78. The van der Waals surface area contributed by atoms with Gasteiger partial charge < -0.3 is 15.3 Å². The van der Waals surface area contributed by atoms with Gasteiger partial charge in [-0.2, -0.15) is 0 Å². The minimum Gasteiger partial charge on any atom is -0.481 e. The molecule has 0 unspecified atom stereocenters. The molecule has 25 heavy (non-hydrogen) atoms. The van der Waals surface area contributed by atoms with Crippen LogP contribution in [0.1, 0.15) is 54.4 Å². The predicted octanol–water partition coefficient (Wildman–Crippen LogP) is 2.81. The first-order chi connectivity index (χ1) is 11.9. The van der Waals surface area contributed by atoms with Crippen molar-refractivity contribution in [3.05, 3.63) is 29.3 Å². The molecule has 1 aromatic carbocycles. The van der Waals surface area contributed by atoms with E-state index in [1.54, 1.807) is 12.1 Å². The second kappa shape index (κ2) is 6.86. The van der Waals surface area contributed by atoms with E-state index in [4.69, 9.17) is 0 Å². The number of benzene rings is 1. The summed E-state index contributed by atoms with van der Waals surface area (Å²) in [6.45, 7) is 3.33. The van der Waals surface area contributed by atoms with Gasteiger partial charge >= 0.3 is 5.97 Å². The van der Waals surface area contributed by atoms with Crippen molar-refractivity contribution in [2.45, 2.75) is 45.4 Å². The average molecular weight is 344 g/mol. The summed E-state index contributed by atoms with van der Waals surface area (Å²) in [5.41, 5.74) is 0.858. The van der Waals surface area contributed by atoms with Gasteiger partial charge in [0.05, 0.1) is 16.7 Å². The van der Waals surface area contributed by atoms with E-state index in [1.165, 1.54) is 0 Å². The smallest absolute Gasteiger partial charge is 0.310 e. The zero-order chi connectivity index (χ0) is 18.0. The SMILES string of the molecule is Cc1cccc(NC(=O)CC2(C(=O)O)CCC2)c1C(=O)N1CCCC1. The van der Waals surface area contributed by atoms with E-state index < -0.39 is 11.4 Å². The van der Waals surface area contributed by atoms with Crippen LogP contribution in [-0.2, 0) is 9.59 Å². The number of carboxylic acid groups (broad SMARTS) is 1.